The molecule has 8 heteroatoms. The predicted octanol–water partition coefficient (Wildman–Crippen LogP) is 0.788. The van der Waals surface area contributed by atoms with Gasteiger partial charge < -0.3 is 4.74 Å². The summed E-state index contributed by atoms with van der Waals surface area (Å²) in [6, 6.07) is 5.27. The van der Waals surface area contributed by atoms with Gasteiger partial charge in [0.25, 0.3) is 11.8 Å². The maximum Gasteiger partial charge on any atom is 0.279 e. The summed E-state index contributed by atoms with van der Waals surface area (Å²) in [4.78, 5) is 23.5. The second kappa shape index (κ2) is 6.70. The monoisotopic (exact) mass is 306 g/mol. The number of nitrogens with zero attached hydrogens (tertiary/aromatic N) is 2. The molecule has 1 heterocycles. The average molecular weight is 306 g/mol. The molecule has 2 aromatic rings. The number of ether oxygens (including phenoxy) is 1. The number of hydrogen-bond acceptors (Lipinski definition) is 4. The lowest BCUT2D eigenvalue weighted by Crippen LogP contribution is -2.47. The molecule has 7 nitrogen and oxygen atoms in total. The number of nitrogens with one attached hydrogen (secondary N) is 2. The molecule has 116 valence electrons. The van der Waals surface area contributed by atoms with Gasteiger partial charge in [-0.2, -0.15) is 5.10 Å². The van der Waals surface area contributed by atoms with Crippen LogP contribution < -0.4 is 15.6 Å². The molecule has 2 rings (SSSR count). The Hall–Kier alpha value is -2.90. The maximum absolute atomic E-state index is 12.8. The summed E-state index contributed by atoms with van der Waals surface area (Å²) >= 11 is 0. The maximum atomic E-state index is 12.8. The van der Waals surface area contributed by atoms with Gasteiger partial charge in [0.15, 0.2) is 6.10 Å². The third-order valence-electron chi connectivity index (χ3n) is 2.76. The third-order valence-corrected chi connectivity index (χ3v) is 2.76. The van der Waals surface area contributed by atoms with Crippen molar-refractivity contribution in [3.05, 3.63) is 48.0 Å². The normalized spacial score (nSPS) is 11.6. The fourth-order valence-electron chi connectivity index (χ4n) is 1.60. The molecule has 22 heavy (non-hydrogen) atoms. The molecule has 0 saturated heterocycles. The molecule has 2 amide bonds. The Kier molecular flexibility index (Phi) is 4.72. The van der Waals surface area contributed by atoms with Crippen molar-refractivity contribution in [2.45, 2.75) is 13.0 Å². The molecule has 1 atom stereocenters. The van der Waals surface area contributed by atoms with Crippen molar-refractivity contribution in [1.29, 1.82) is 0 Å². The zero-order valence-electron chi connectivity index (χ0n) is 12.0. The van der Waals surface area contributed by atoms with Crippen molar-refractivity contribution in [2.24, 2.45) is 7.05 Å². The summed E-state index contributed by atoms with van der Waals surface area (Å²) in [7, 11) is 1.67. The van der Waals surface area contributed by atoms with Crippen molar-refractivity contribution in [1.82, 2.24) is 20.6 Å². The quantitative estimate of drug-likeness (QED) is 0.818. The molecule has 2 N–H and O–H groups in total. The molecule has 0 bridgehead atoms. The predicted molar refractivity (Wildman–Crippen MR) is 75.3 cm³/mol. The van der Waals surface area contributed by atoms with Crippen LogP contribution in [0.2, 0.25) is 0 Å². The summed E-state index contributed by atoms with van der Waals surface area (Å²) in [6.07, 6.45) is 2.03. The van der Waals surface area contributed by atoms with Gasteiger partial charge in [-0.15, -0.1) is 0 Å². The fraction of sp³-hybridized carbons (Fsp3) is 0.214. The summed E-state index contributed by atoms with van der Waals surface area (Å²) in [5.41, 5.74) is 4.82. The number of aromatic nitrogens is 2. The highest BCUT2D eigenvalue weighted by molar-refractivity contribution is 5.95. The van der Waals surface area contributed by atoms with E-state index in [9.17, 15) is 14.0 Å². The van der Waals surface area contributed by atoms with E-state index in [4.69, 9.17) is 4.74 Å². The van der Waals surface area contributed by atoms with E-state index in [1.54, 1.807) is 7.05 Å². The number of benzene rings is 1. The summed E-state index contributed by atoms with van der Waals surface area (Å²) in [5, 5.41) is 3.85. The van der Waals surface area contributed by atoms with Gasteiger partial charge in [0.05, 0.1) is 11.8 Å². The number of aryl methyl sites for hydroxylation is 1. The van der Waals surface area contributed by atoms with Gasteiger partial charge in [0.2, 0.25) is 0 Å². The minimum atomic E-state index is -0.861. The number of carbonyl (C=O) groups is 2. The van der Waals surface area contributed by atoms with Crippen LogP contribution in [0.25, 0.3) is 0 Å². The molecule has 0 aliphatic rings. The lowest BCUT2D eigenvalue weighted by molar-refractivity contribution is -0.128. The van der Waals surface area contributed by atoms with Crippen molar-refractivity contribution in [2.75, 3.05) is 0 Å². The van der Waals surface area contributed by atoms with Gasteiger partial charge in [0, 0.05) is 13.2 Å². The zero-order chi connectivity index (χ0) is 16.1. The SMILES string of the molecule is C[C@H](Oc1ccc(F)cc1)C(=O)NNC(=O)c1cnn(C)c1. The van der Waals surface area contributed by atoms with Gasteiger partial charge in [0.1, 0.15) is 11.6 Å². The molecule has 1 aromatic heterocycles. The molecular weight excluding hydrogens is 291 g/mol. The minimum Gasteiger partial charge on any atom is -0.481 e. The Bertz CT molecular complexity index is 669. The van der Waals surface area contributed by atoms with Gasteiger partial charge in [-0.3, -0.25) is 25.1 Å². The minimum absolute atomic E-state index is 0.315. The second-order valence-electron chi connectivity index (χ2n) is 4.56. The lowest BCUT2D eigenvalue weighted by atomic mass is 10.3. The first kappa shape index (κ1) is 15.5. The average Bonchev–Trinajstić information content (AvgIpc) is 2.93. The van der Waals surface area contributed by atoms with Crippen LogP contribution in [0.1, 0.15) is 17.3 Å². The number of amides is 2. The van der Waals surface area contributed by atoms with Gasteiger partial charge in [-0.25, -0.2) is 4.39 Å². The molecule has 0 aliphatic carbocycles. The van der Waals surface area contributed by atoms with Gasteiger partial charge >= 0.3 is 0 Å². The van der Waals surface area contributed by atoms with Crippen molar-refractivity contribution in [3.8, 4) is 5.75 Å². The van der Waals surface area contributed by atoms with Crippen molar-refractivity contribution >= 4 is 11.8 Å². The van der Waals surface area contributed by atoms with E-state index in [1.165, 1.54) is 48.3 Å². The molecule has 0 aliphatic heterocycles. The molecule has 0 saturated carbocycles. The van der Waals surface area contributed by atoms with Crippen LogP contribution in [0.5, 0.6) is 5.75 Å². The molecule has 0 spiro atoms. The largest absolute Gasteiger partial charge is 0.481 e. The highest BCUT2D eigenvalue weighted by atomic mass is 19.1. The van der Waals surface area contributed by atoms with E-state index >= 15 is 0 Å². The smallest absolute Gasteiger partial charge is 0.279 e. The van der Waals surface area contributed by atoms with Crippen LogP contribution in [0.3, 0.4) is 0 Å². The number of halogens is 1. The Balaban J connectivity index is 1.83. The van der Waals surface area contributed by atoms with Crippen LogP contribution in [0.15, 0.2) is 36.7 Å². The highest BCUT2D eigenvalue weighted by Crippen LogP contribution is 2.12. The fourth-order valence-corrected chi connectivity index (χ4v) is 1.60. The summed E-state index contributed by atoms with van der Waals surface area (Å²) in [5.74, 6) is -1.08. The topological polar surface area (TPSA) is 85.2 Å². The summed E-state index contributed by atoms with van der Waals surface area (Å²) < 4.78 is 19.6. The molecule has 0 unspecified atom stereocenters. The lowest BCUT2D eigenvalue weighted by Gasteiger charge is -2.14. The van der Waals surface area contributed by atoms with E-state index in [1.807, 2.05) is 0 Å². The molecular formula is C14H15FN4O3. The van der Waals surface area contributed by atoms with Crippen LogP contribution in [0.4, 0.5) is 4.39 Å². The number of hydrazine groups is 1. The van der Waals surface area contributed by atoms with Gasteiger partial charge in [-0.05, 0) is 31.2 Å². The highest BCUT2D eigenvalue weighted by Gasteiger charge is 2.16. The van der Waals surface area contributed by atoms with Crippen LogP contribution in [0, 0.1) is 5.82 Å². The number of rotatable bonds is 4. The second-order valence-corrected chi connectivity index (χ2v) is 4.56. The van der Waals surface area contributed by atoms with E-state index in [0.29, 0.717) is 11.3 Å². The Morgan fingerprint density at radius 1 is 1.27 bits per heavy atom. The zero-order valence-corrected chi connectivity index (χ0v) is 12.0. The first-order valence-corrected chi connectivity index (χ1v) is 6.47. The van der Waals surface area contributed by atoms with Crippen LogP contribution in [-0.2, 0) is 11.8 Å². The third kappa shape index (κ3) is 4.05. The van der Waals surface area contributed by atoms with Gasteiger partial charge in [-0.1, -0.05) is 0 Å². The Morgan fingerprint density at radius 2 is 1.95 bits per heavy atom. The number of carbonyl (C=O) groups excluding carboxylic acids is 2. The first-order valence-electron chi connectivity index (χ1n) is 6.47. The van der Waals surface area contributed by atoms with Crippen LogP contribution in [-0.4, -0.2) is 27.7 Å². The van der Waals surface area contributed by atoms with Crippen LogP contribution >= 0.6 is 0 Å². The van der Waals surface area contributed by atoms with E-state index in [2.05, 4.69) is 16.0 Å². The standard InChI is InChI=1S/C14H15FN4O3/c1-9(22-12-5-3-11(15)4-6-12)13(20)17-18-14(21)10-7-16-19(2)8-10/h3-9H,1-2H3,(H,17,20)(H,18,21)/t9-/m0/s1. The van der Waals surface area contributed by atoms with Crippen molar-refractivity contribution < 1.29 is 18.7 Å². The van der Waals surface area contributed by atoms with E-state index in [-0.39, 0.29) is 0 Å². The molecule has 1 aromatic carbocycles. The van der Waals surface area contributed by atoms with Crippen molar-refractivity contribution in [3.63, 3.8) is 0 Å². The Morgan fingerprint density at radius 3 is 2.55 bits per heavy atom. The Labute approximate surface area is 126 Å². The van der Waals surface area contributed by atoms with E-state index < -0.39 is 23.7 Å². The summed E-state index contributed by atoms with van der Waals surface area (Å²) in [6.45, 7) is 1.51. The first-order chi connectivity index (χ1) is 10.5. The van der Waals surface area contributed by atoms with E-state index in [0.717, 1.165) is 0 Å². The molecule has 0 fully saturated rings. The molecule has 0 radical (unpaired) electrons. The number of hydrogen-bond donors (Lipinski definition) is 2.